The number of rotatable bonds is 5. The van der Waals surface area contributed by atoms with Crippen molar-refractivity contribution in [3.05, 3.63) is 197 Å². The van der Waals surface area contributed by atoms with Crippen molar-refractivity contribution < 1.29 is 0 Å². The van der Waals surface area contributed by atoms with Crippen molar-refractivity contribution in [1.82, 2.24) is 0 Å². The largest absolute Gasteiger partial charge is 0.311 e. The highest BCUT2D eigenvalue weighted by molar-refractivity contribution is 7.00. The van der Waals surface area contributed by atoms with Gasteiger partial charge in [0.25, 0.3) is 6.71 Å². The number of hydrogen-bond acceptors (Lipinski definition) is 2. The van der Waals surface area contributed by atoms with Gasteiger partial charge < -0.3 is 9.80 Å². The lowest BCUT2D eigenvalue weighted by atomic mass is 9.33. The predicted molar refractivity (Wildman–Crippen MR) is 320 cm³/mol. The fraction of sp³-hybridized carbons (Fsp3) is 0.314. The zero-order valence-electron chi connectivity index (χ0n) is 47.0. The first-order valence-electron chi connectivity index (χ1n) is 26.8. The van der Waals surface area contributed by atoms with E-state index in [4.69, 9.17) is 0 Å². The molecule has 0 N–H and O–H groups in total. The quantitative estimate of drug-likeness (QED) is 0.159. The van der Waals surface area contributed by atoms with Crippen LogP contribution >= 0.6 is 0 Å². The second-order valence-electron chi connectivity index (χ2n) is 26.6. The van der Waals surface area contributed by atoms with Crippen LogP contribution in [-0.4, -0.2) is 6.71 Å². The molecule has 0 saturated carbocycles. The fourth-order valence-corrected chi connectivity index (χ4v) is 11.3. The van der Waals surface area contributed by atoms with Crippen LogP contribution in [-0.2, 0) is 27.1 Å². The van der Waals surface area contributed by atoms with Gasteiger partial charge in [0, 0.05) is 39.4 Å². The number of aryl methyl sites for hydroxylation is 2. The monoisotopic (exact) mass is 957 g/mol. The Morgan fingerprint density at radius 1 is 0.301 bits per heavy atom. The average molecular weight is 957 g/mol. The van der Waals surface area contributed by atoms with E-state index in [1.807, 2.05) is 0 Å². The van der Waals surface area contributed by atoms with E-state index in [9.17, 15) is 0 Å². The summed E-state index contributed by atoms with van der Waals surface area (Å²) in [7, 11) is 0. The molecule has 2 nitrogen and oxygen atoms in total. The molecule has 8 aromatic carbocycles. The molecule has 10 rings (SSSR count). The van der Waals surface area contributed by atoms with Crippen molar-refractivity contribution in [3.8, 4) is 33.4 Å². The molecule has 0 saturated heterocycles. The van der Waals surface area contributed by atoms with Gasteiger partial charge in [-0.3, -0.25) is 0 Å². The van der Waals surface area contributed by atoms with Gasteiger partial charge in [-0.05, 0) is 156 Å². The summed E-state index contributed by atoms with van der Waals surface area (Å²) >= 11 is 0. The van der Waals surface area contributed by atoms with E-state index in [1.165, 1.54) is 123 Å². The van der Waals surface area contributed by atoms with Crippen LogP contribution in [0.3, 0.4) is 0 Å². The Hall–Kier alpha value is -6.58. The van der Waals surface area contributed by atoms with Gasteiger partial charge in [0.2, 0.25) is 0 Å². The van der Waals surface area contributed by atoms with E-state index in [1.54, 1.807) is 0 Å². The van der Waals surface area contributed by atoms with E-state index in [2.05, 4.69) is 285 Å². The van der Waals surface area contributed by atoms with Gasteiger partial charge in [0.1, 0.15) is 0 Å². The third kappa shape index (κ3) is 9.06. The Bertz CT molecular complexity index is 3410. The van der Waals surface area contributed by atoms with Gasteiger partial charge in [-0.2, -0.15) is 0 Å². The number of nitrogens with zero attached hydrogens (tertiary/aromatic N) is 2. The third-order valence-electron chi connectivity index (χ3n) is 15.7. The lowest BCUT2D eigenvalue weighted by molar-refractivity contribution is 0.590. The molecule has 0 spiro atoms. The second kappa shape index (κ2) is 17.5. The Morgan fingerprint density at radius 3 is 1.15 bits per heavy atom. The minimum atomic E-state index is -0.175. The Morgan fingerprint density at radius 2 is 0.685 bits per heavy atom. The van der Waals surface area contributed by atoms with Gasteiger partial charge in [-0.1, -0.05) is 219 Å². The SMILES string of the molecule is Cc1ccc(N2c3ccc(C(C)(C)C)cc3B3c4cc(C(C)(C)C)ccc4N(c4c(-c5ccccc5)cc(C)cc4-c4ccc(C(C)(C)C)cc4)c4cc(C(C)(C)C)cc2c43)c(-c2ccc(C(C)(C)C)cc2)c1. The summed E-state index contributed by atoms with van der Waals surface area (Å²) in [5.74, 6) is 0. The summed E-state index contributed by atoms with van der Waals surface area (Å²) in [6.07, 6.45) is 0. The topological polar surface area (TPSA) is 6.48 Å². The summed E-state index contributed by atoms with van der Waals surface area (Å²) < 4.78 is 0. The van der Waals surface area contributed by atoms with Crippen molar-refractivity contribution in [1.29, 1.82) is 0 Å². The third-order valence-corrected chi connectivity index (χ3v) is 15.7. The maximum Gasteiger partial charge on any atom is 0.252 e. The molecule has 0 bridgehead atoms. The molecule has 2 heterocycles. The minimum absolute atomic E-state index is 0.0312. The summed E-state index contributed by atoms with van der Waals surface area (Å²) in [5.41, 5.74) is 27.5. The standard InChI is InChI=1S/C70H77BN2/c1-44-23-34-59(54(37-44)47-24-28-49(29-25-47)66(3,4)5)72-60-35-32-51(68(9,10)11)40-57(60)71-58-41-52(69(12,13)14)33-36-61(58)73(63-43-53(70(15,16)17)42-62(72)64(63)71)65-55(46-21-19-18-20-22-46)38-45(2)39-56(65)48-26-30-50(31-27-48)67(6,7)8/h18-43H,1-17H3. The Labute approximate surface area is 439 Å². The highest BCUT2D eigenvalue weighted by Gasteiger charge is 2.46. The normalized spacial score (nSPS) is 13.7. The molecular weight excluding hydrogens is 880 g/mol. The van der Waals surface area contributed by atoms with Crippen molar-refractivity contribution in [2.45, 2.75) is 145 Å². The van der Waals surface area contributed by atoms with E-state index >= 15 is 0 Å². The Balaban J connectivity index is 1.38. The molecule has 2 aliphatic rings. The minimum Gasteiger partial charge on any atom is -0.311 e. The van der Waals surface area contributed by atoms with Crippen molar-refractivity contribution in [3.63, 3.8) is 0 Å². The van der Waals surface area contributed by atoms with Gasteiger partial charge >= 0.3 is 0 Å². The lowest BCUT2D eigenvalue weighted by Gasteiger charge is -2.46. The molecule has 0 radical (unpaired) electrons. The van der Waals surface area contributed by atoms with Crippen molar-refractivity contribution >= 4 is 57.2 Å². The highest BCUT2D eigenvalue weighted by Crippen LogP contribution is 2.53. The molecule has 0 amide bonds. The lowest BCUT2D eigenvalue weighted by Crippen LogP contribution is -2.62. The number of fused-ring (bicyclic) bond motifs is 4. The first kappa shape index (κ1) is 50.0. The first-order chi connectivity index (χ1) is 34.2. The van der Waals surface area contributed by atoms with Crippen molar-refractivity contribution in [2.75, 3.05) is 9.80 Å². The zero-order valence-corrected chi connectivity index (χ0v) is 47.0. The van der Waals surface area contributed by atoms with Crippen LogP contribution in [0.1, 0.15) is 143 Å². The predicted octanol–water partition coefficient (Wildman–Crippen LogP) is 17.9. The number of hydrogen-bond donors (Lipinski definition) is 0. The molecule has 0 aliphatic carbocycles. The first-order valence-corrected chi connectivity index (χ1v) is 26.8. The summed E-state index contributed by atoms with van der Waals surface area (Å²) in [6, 6.07) is 61.8. The second-order valence-corrected chi connectivity index (χ2v) is 26.6. The average Bonchev–Trinajstić information content (AvgIpc) is 3.32. The maximum absolute atomic E-state index is 2.69. The van der Waals surface area contributed by atoms with Gasteiger partial charge in [0.05, 0.1) is 11.4 Å². The van der Waals surface area contributed by atoms with Crippen LogP contribution in [0.4, 0.5) is 34.1 Å². The molecule has 0 atom stereocenters. The van der Waals surface area contributed by atoms with Crippen molar-refractivity contribution in [2.24, 2.45) is 0 Å². The molecule has 370 valence electrons. The molecule has 0 unspecified atom stereocenters. The Kier molecular flexibility index (Phi) is 12.0. The van der Waals surface area contributed by atoms with E-state index in [0.29, 0.717) is 0 Å². The summed E-state index contributed by atoms with van der Waals surface area (Å²) in [6.45, 7) is 39.6. The number of anilines is 6. The van der Waals surface area contributed by atoms with Crippen LogP contribution in [0, 0.1) is 13.8 Å². The zero-order chi connectivity index (χ0) is 52.3. The van der Waals surface area contributed by atoms with Crippen LogP contribution in [0.2, 0.25) is 0 Å². The van der Waals surface area contributed by atoms with E-state index in [-0.39, 0.29) is 33.8 Å². The van der Waals surface area contributed by atoms with Gasteiger partial charge in [-0.15, -0.1) is 0 Å². The fourth-order valence-electron chi connectivity index (χ4n) is 11.3. The maximum atomic E-state index is 2.69. The number of benzene rings is 8. The molecule has 0 fully saturated rings. The summed E-state index contributed by atoms with van der Waals surface area (Å²) in [4.78, 5) is 5.34. The van der Waals surface area contributed by atoms with Crippen LogP contribution in [0.5, 0.6) is 0 Å². The van der Waals surface area contributed by atoms with Gasteiger partial charge in [0.15, 0.2) is 0 Å². The summed E-state index contributed by atoms with van der Waals surface area (Å²) in [5, 5.41) is 0. The van der Waals surface area contributed by atoms with E-state index < -0.39 is 0 Å². The molecule has 0 aromatic heterocycles. The molecule has 8 aromatic rings. The molecule has 73 heavy (non-hydrogen) atoms. The molecule has 3 heteroatoms. The highest BCUT2D eigenvalue weighted by atomic mass is 15.2. The van der Waals surface area contributed by atoms with Gasteiger partial charge in [-0.25, -0.2) is 0 Å². The van der Waals surface area contributed by atoms with E-state index in [0.717, 1.165) is 0 Å². The van der Waals surface area contributed by atoms with Crippen LogP contribution in [0.15, 0.2) is 158 Å². The smallest absolute Gasteiger partial charge is 0.252 e. The van der Waals surface area contributed by atoms with Crippen LogP contribution in [0.25, 0.3) is 33.4 Å². The van der Waals surface area contributed by atoms with Crippen LogP contribution < -0.4 is 26.2 Å². The molecular formula is C70H77BN2. The molecule has 2 aliphatic heterocycles.